The molecule has 0 unspecified atom stereocenters. The van der Waals surface area contributed by atoms with Gasteiger partial charge in [-0.15, -0.1) is 0 Å². The van der Waals surface area contributed by atoms with Gasteiger partial charge in [-0.05, 0) is 36.8 Å². The Morgan fingerprint density at radius 3 is 2.56 bits per heavy atom. The van der Waals surface area contributed by atoms with E-state index in [-0.39, 0.29) is 18.6 Å². The van der Waals surface area contributed by atoms with Gasteiger partial charge in [0.1, 0.15) is 5.75 Å². The van der Waals surface area contributed by atoms with E-state index in [0.29, 0.717) is 31.8 Å². The maximum atomic E-state index is 12.4. The minimum Gasteiger partial charge on any atom is -0.483 e. The van der Waals surface area contributed by atoms with Crippen LogP contribution in [-0.2, 0) is 14.8 Å². The Morgan fingerprint density at radius 1 is 1.32 bits per heavy atom. The molecule has 0 spiro atoms. The maximum Gasteiger partial charge on any atom is 0.260 e. The van der Waals surface area contributed by atoms with Gasteiger partial charge in [0.05, 0.1) is 6.26 Å². The van der Waals surface area contributed by atoms with Gasteiger partial charge in [-0.1, -0.05) is 32.0 Å². The number of carbonyl (C=O) groups excluding carboxylic acids is 1. The Bertz CT molecular complexity index is 682. The number of nitrogens with one attached hydrogen (secondary N) is 1. The number of sulfonamides is 1. The SMILES string of the molecule is CC[C@@H](C)c1ccccc1OCC(=O)N1CCC(NS(C)(=O)=O)CC1. The summed E-state index contributed by atoms with van der Waals surface area (Å²) in [7, 11) is -3.20. The molecular formula is C18H28N2O4S. The van der Waals surface area contributed by atoms with Crippen LogP contribution in [0.15, 0.2) is 24.3 Å². The topological polar surface area (TPSA) is 75.7 Å². The zero-order chi connectivity index (χ0) is 18.4. The lowest BCUT2D eigenvalue weighted by Crippen LogP contribution is -2.47. The Balaban J connectivity index is 1.86. The van der Waals surface area contributed by atoms with Crippen molar-refractivity contribution in [1.82, 2.24) is 9.62 Å². The Kier molecular flexibility index (Phi) is 6.84. The normalized spacial score (nSPS) is 17.3. The van der Waals surface area contributed by atoms with Gasteiger partial charge in [-0.25, -0.2) is 13.1 Å². The monoisotopic (exact) mass is 368 g/mol. The van der Waals surface area contributed by atoms with Crippen molar-refractivity contribution in [1.29, 1.82) is 0 Å². The van der Waals surface area contributed by atoms with Crippen molar-refractivity contribution in [3.8, 4) is 5.75 Å². The fourth-order valence-electron chi connectivity index (χ4n) is 3.02. The van der Waals surface area contributed by atoms with Crippen molar-refractivity contribution in [3.63, 3.8) is 0 Å². The number of ether oxygens (including phenoxy) is 1. The summed E-state index contributed by atoms with van der Waals surface area (Å²) in [6.07, 6.45) is 3.42. The summed E-state index contributed by atoms with van der Waals surface area (Å²) in [4.78, 5) is 14.1. The lowest BCUT2D eigenvalue weighted by molar-refractivity contribution is -0.134. The van der Waals surface area contributed by atoms with Gasteiger partial charge >= 0.3 is 0 Å². The average Bonchev–Trinajstić information content (AvgIpc) is 2.58. The molecular weight excluding hydrogens is 340 g/mol. The Morgan fingerprint density at radius 2 is 1.96 bits per heavy atom. The van der Waals surface area contributed by atoms with Crippen molar-refractivity contribution >= 4 is 15.9 Å². The zero-order valence-corrected chi connectivity index (χ0v) is 16.0. The predicted octanol–water partition coefficient (Wildman–Crippen LogP) is 2.12. The van der Waals surface area contributed by atoms with E-state index in [1.165, 1.54) is 0 Å². The number of likely N-dealkylation sites (tertiary alicyclic amines) is 1. The molecule has 1 aromatic carbocycles. The van der Waals surface area contributed by atoms with Crippen molar-refractivity contribution in [2.45, 2.75) is 45.1 Å². The molecule has 1 aliphatic rings. The van der Waals surface area contributed by atoms with Crippen LogP contribution in [0.4, 0.5) is 0 Å². The van der Waals surface area contributed by atoms with Gasteiger partial charge in [0.2, 0.25) is 10.0 Å². The van der Waals surface area contributed by atoms with Crippen LogP contribution in [0.5, 0.6) is 5.75 Å². The molecule has 2 rings (SSSR count). The van der Waals surface area contributed by atoms with Crippen LogP contribution in [0.1, 0.15) is 44.6 Å². The highest BCUT2D eigenvalue weighted by atomic mass is 32.2. The van der Waals surface area contributed by atoms with Crippen molar-refractivity contribution < 1.29 is 17.9 Å². The number of carbonyl (C=O) groups is 1. The lowest BCUT2D eigenvalue weighted by Gasteiger charge is -2.32. The van der Waals surface area contributed by atoms with Crippen molar-refractivity contribution in [2.24, 2.45) is 0 Å². The van der Waals surface area contributed by atoms with Gasteiger partial charge < -0.3 is 9.64 Å². The molecule has 25 heavy (non-hydrogen) atoms. The van der Waals surface area contributed by atoms with Crippen molar-refractivity contribution in [3.05, 3.63) is 29.8 Å². The van der Waals surface area contributed by atoms with E-state index in [9.17, 15) is 13.2 Å². The number of benzene rings is 1. The molecule has 6 nitrogen and oxygen atoms in total. The van der Waals surface area contributed by atoms with Crippen LogP contribution in [-0.4, -0.2) is 51.2 Å². The summed E-state index contributed by atoms with van der Waals surface area (Å²) in [5.41, 5.74) is 1.12. The number of rotatable bonds is 7. The fourth-order valence-corrected chi connectivity index (χ4v) is 3.86. The number of piperidine rings is 1. The highest BCUT2D eigenvalue weighted by molar-refractivity contribution is 7.88. The van der Waals surface area contributed by atoms with E-state index in [2.05, 4.69) is 18.6 Å². The molecule has 1 atom stereocenters. The summed E-state index contributed by atoms with van der Waals surface area (Å²) in [5, 5.41) is 0. The Hall–Kier alpha value is -1.60. The van der Waals surface area contributed by atoms with Crippen LogP contribution < -0.4 is 9.46 Å². The number of hydrogen-bond acceptors (Lipinski definition) is 4. The maximum absolute atomic E-state index is 12.4. The molecule has 7 heteroatoms. The lowest BCUT2D eigenvalue weighted by atomic mass is 9.98. The second kappa shape index (κ2) is 8.67. The molecule has 1 aliphatic heterocycles. The van der Waals surface area contributed by atoms with Gasteiger partial charge in [0, 0.05) is 19.1 Å². The third-order valence-corrected chi connectivity index (χ3v) is 5.40. The Labute approximate surface area is 150 Å². The summed E-state index contributed by atoms with van der Waals surface area (Å²) in [6.45, 7) is 5.37. The molecule has 0 aliphatic carbocycles. The minimum absolute atomic E-state index is 0.0115. The quantitative estimate of drug-likeness (QED) is 0.800. The molecule has 1 heterocycles. The summed E-state index contributed by atoms with van der Waals surface area (Å²) in [6, 6.07) is 7.74. The van der Waals surface area contributed by atoms with Crippen LogP contribution in [0.2, 0.25) is 0 Å². The average molecular weight is 368 g/mol. The second-order valence-corrected chi connectivity index (χ2v) is 8.46. The highest BCUT2D eigenvalue weighted by Gasteiger charge is 2.25. The molecule has 0 aromatic heterocycles. The second-order valence-electron chi connectivity index (χ2n) is 6.68. The number of nitrogens with zero attached hydrogens (tertiary/aromatic N) is 1. The predicted molar refractivity (Wildman–Crippen MR) is 98.2 cm³/mol. The summed E-state index contributed by atoms with van der Waals surface area (Å²) < 4.78 is 30.9. The van der Waals surface area contributed by atoms with E-state index in [1.54, 1.807) is 4.90 Å². The van der Waals surface area contributed by atoms with Crippen LogP contribution in [0, 0.1) is 0 Å². The third kappa shape index (κ3) is 6.01. The van der Waals surface area contributed by atoms with E-state index >= 15 is 0 Å². The van der Waals surface area contributed by atoms with E-state index in [0.717, 1.165) is 24.0 Å². The van der Waals surface area contributed by atoms with Crippen LogP contribution in [0.25, 0.3) is 0 Å². The van der Waals surface area contributed by atoms with Gasteiger partial charge in [-0.2, -0.15) is 0 Å². The van der Waals surface area contributed by atoms with Crippen molar-refractivity contribution in [2.75, 3.05) is 26.0 Å². The first-order valence-corrected chi connectivity index (χ1v) is 10.7. The summed E-state index contributed by atoms with van der Waals surface area (Å²) >= 11 is 0. The largest absolute Gasteiger partial charge is 0.483 e. The van der Waals surface area contributed by atoms with Gasteiger partial charge in [0.15, 0.2) is 6.61 Å². The molecule has 0 bridgehead atoms. The minimum atomic E-state index is -3.20. The molecule has 1 aromatic rings. The molecule has 1 amide bonds. The molecule has 1 fully saturated rings. The number of amides is 1. The first-order chi connectivity index (χ1) is 11.8. The summed E-state index contributed by atoms with van der Waals surface area (Å²) in [5.74, 6) is 1.08. The van der Waals surface area contributed by atoms with Crippen LogP contribution >= 0.6 is 0 Å². The molecule has 0 saturated carbocycles. The van der Waals surface area contributed by atoms with E-state index < -0.39 is 10.0 Å². The number of para-hydroxylation sites is 1. The first kappa shape index (κ1) is 19.7. The third-order valence-electron chi connectivity index (χ3n) is 4.64. The molecule has 0 radical (unpaired) electrons. The first-order valence-electron chi connectivity index (χ1n) is 8.77. The highest BCUT2D eigenvalue weighted by Crippen LogP contribution is 2.28. The van der Waals surface area contributed by atoms with E-state index in [4.69, 9.17) is 4.74 Å². The van der Waals surface area contributed by atoms with Gasteiger partial charge in [0.25, 0.3) is 5.91 Å². The van der Waals surface area contributed by atoms with Crippen LogP contribution in [0.3, 0.4) is 0 Å². The fraction of sp³-hybridized carbons (Fsp3) is 0.611. The molecule has 1 N–H and O–H groups in total. The molecule has 140 valence electrons. The smallest absolute Gasteiger partial charge is 0.260 e. The standard InChI is InChI=1S/C18H28N2O4S/c1-4-14(2)16-7-5-6-8-17(16)24-13-18(21)20-11-9-15(10-12-20)19-25(3,22)23/h5-8,14-15,19H,4,9-13H2,1-3H3/t14-/m1/s1. The zero-order valence-electron chi connectivity index (χ0n) is 15.2. The molecule has 1 saturated heterocycles. The van der Waals surface area contributed by atoms with Gasteiger partial charge in [-0.3, -0.25) is 4.79 Å². The number of hydrogen-bond donors (Lipinski definition) is 1. The van der Waals surface area contributed by atoms with E-state index in [1.807, 2.05) is 24.3 Å².